The van der Waals surface area contributed by atoms with E-state index in [-0.39, 0.29) is 19.1 Å². The van der Waals surface area contributed by atoms with Crippen LogP contribution in [0.25, 0.3) is 0 Å². The second kappa shape index (κ2) is 6.38. The van der Waals surface area contributed by atoms with Crippen molar-refractivity contribution >= 4 is 17.7 Å². The Bertz CT molecular complexity index is 500. The number of aliphatic carboxylic acids is 1. The van der Waals surface area contributed by atoms with Crippen LogP contribution < -0.4 is 5.32 Å². The number of carbonyl (C=O) groups is 2. The Balaban J connectivity index is 2.78. The van der Waals surface area contributed by atoms with Gasteiger partial charge in [-0.25, -0.2) is 4.79 Å². The summed E-state index contributed by atoms with van der Waals surface area (Å²) in [6.45, 7) is 3.33. The molecule has 0 heterocycles. The van der Waals surface area contributed by atoms with E-state index in [2.05, 4.69) is 5.32 Å². The lowest BCUT2D eigenvalue weighted by atomic mass is 10.1. The maximum Gasteiger partial charge on any atom is 0.322 e. The average molecular weight is 280 g/mol. The normalized spacial score (nSPS) is 11.0. The molecule has 6 heteroatoms. The Morgan fingerprint density at radius 1 is 1.35 bits per heavy atom. The van der Waals surface area contributed by atoms with Crippen LogP contribution >= 0.6 is 0 Å². The predicted molar refractivity (Wildman–Crippen MR) is 75.7 cm³/mol. The molecule has 3 N–H and O–H groups in total. The molecule has 1 aromatic carbocycles. The van der Waals surface area contributed by atoms with Crippen molar-refractivity contribution in [1.82, 2.24) is 4.90 Å². The minimum absolute atomic E-state index is 0.0956. The zero-order valence-corrected chi connectivity index (χ0v) is 11.9. The van der Waals surface area contributed by atoms with Gasteiger partial charge in [0.15, 0.2) is 0 Å². The third kappa shape index (κ3) is 4.24. The van der Waals surface area contributed by atoms with Crippen LogP contribution in [-0.2, 0) is 11.2 Å². The van der Waals surface area contributed by atoms with Gasteiger partial charge in [-0.3, -0.25) is 4.79 Å². The molecule has 0 unspecified atom stereocenters. The molecule has 0 atom stereocenters. The number of carboxylic acid groups (broad SMARTS) is 1. The molecule has 6 nitrogen and oxygen atoms in total. The number of nitrogens with one attached hydrogen (secondary N) is 1. The molecule has 1 rings (SSSR count). The second-order valence-corrected chi connectivity index (χ2v) is 5.23. The molecule has 0 aliphatic carbocycles. The van der Waals surface area contributed by atoms with Crippen molar-refractivity contribution in [2.45, 2.75) is 25.8 Å². The number of aliphatic hydroxyl groups is 1. The van der Waals surface area contributed by atoms with Gasteiger partial charge >= 0.3 is 12.0 Å². The minimum atomic E-state index is -0.924. The molecule has 2 amide bonds. The smallest absolute Gasteiger partial charge is 0.322 e. The predicted octanol–water partition coefficient (Wildman–Crippen LogP) is 1.55. The van der Waals surface area contributed by atoms with Gasteiger partial charge in [-0.2, -0.15) is 0 Å². The van der Waals surface area contributed by atoms with Crippen LogP contribution in [0.5, 0.6) is 0 Å². The number of rotatable bonds is 5. The molecule has 20 heavy (non-hydrogen) atoms. The molecule has 0 spiro atoms. The van der Waals surface area contributed by atoms with Crippen molar-refractivity contribution in [3.63, 3.8) is 0 Å². The molecular weight excluding hydrogens is 260 g/mol. The fraction of sp³-hybridized carbons (Fsp3) is 0.429. The maximum atomic E-state index is 12.0. The van der Waals surface area contributed by atoms with E-state index in [1.54, 1.807) is 45.2 Å². The van der Waals surface area contributed by atoms with Gasteiger partial charge in [0.25, 0.3) is 0 Å². The van der Waals surface area contributed by atoms with Gasteiger partial charge in [-0.1, -0.05) is 12.1 Å². The van der Waals surface area contributed by atoms with E-state index < -0.39 is 11.5 Å². The largest absolute Gasteiger partial charge is 0.481 e. The summed E-state index contributed by atoms with van der Waals surface area (Å²) < 4.78 is 0. The lowest BCUT2D eigenvalue weighted by molar-refractivity contribution is -0.136. The highest BCUT2D eigenvalue weighted by Gasteiger charge is 2.26. The highest BCUT2D eigenvalue weighted by molar-refractivity contribution is 5.89. The first-order chi connectivity index (χ1) is 9.26. The van der Waals surface area contributed by atoms with Gasteiger partial charge in [0, 0.05) is 12.7 Å². The molecule has 0 aliphatic rings. The van der Waals surface area contributed by atoms with Crippen molar-refractivity contribution < 1.29 is 19.8 Å². The highest BCUT2D eigenvalue weighted by atomic mass is 16.4. The Labute approximate surface area is 118 Å². The first-order valence-corrected chi connectivity index (χ1v) is 6.22. The summed E-state index contributed by atoms with van der Waals surface area (Å²) in [5.74, 6) is -0.924. The second-order valence-electron chi connectivity index (χ2n) is 5.23. The standard InChI is InChI=1S/C14H20N2O4/c1-14(2,9-17)16(3)13(20)15-11-6-4-5-10(7-11)8-12(18)19/h4-7,17H,8-9H2,1-3H3,(H,15,20)(H,18,19). The number of urea groups is 1. The summed E-state index contributed by atoms with van der Waals surface area (Å²) in [6.07, 6.45) is -0.0956. The summed E-state index contributed by atoms with van der Waals surface area (Å²) in [6, 6.07) is 6.31. The van der Waals surface area contributed by atoms with E-state index in [1.807, 2.05) is 0 Å². The molecule has 1 aromatic rings. The molecule has 0 aliphatic heterocycles. The van der Waals surface area contributed by atoms with Crippen molar-refractivity contribution in [3.8, 4) is 0 Å². The van der Waals surface area contributed by atoms with Gasteiger partial charge in [0.05, 0.1) is 18.6 Å². The Kier molecular flexibility index (Phi) is 5.10. The van der Waals surface area contributed by atoms with Crippen LogP contribution in [0.2, 0.25) is 0 Å². The number of hydrogen-bond donors (Lipinski definition) is 3. The molecular formula is C14H20N2O4. The first-order valence-electron chi connectivity index (χ1n) is 6.22. The number of benzene rings is 1. The lowest BCUT2D eigenvalue weighted by Gasteiger charge is -2.33. The zero-order chi connectivity index (χ0) is 15.3. The molecule has 0 bridgehead atoms. The van der Waals surface area contributed by atoms with Crippen LogP contribution in [0.15, 0.2) is 24.3 Å². The van der Waals surface area contributed by atoms with Gasteiger partial charge in [0.2, 0.25) is 0 Å². The number of carbonyl (C=O) groups excluding carboxylic acids is 1. The van der Waals surface area contributed by atoms with E-state index >= 15 is 0 Å². The number of carboxylic acids is 1. The van der Waals surface area contributed by atoms with E-state index in [0.717, 1.165) is 0 Å². The summed E-state index contributed by atoms with van der Waals surface area (Å²) in [4.78, 5) is 24.1. The third-order valence-electron chi connectivity index (χ3n) is 3.13. The monoisotopic (exact) mass is 280 g/mol. The average Bonchev–Trinajstić information content (AvgIpc) is 2.37. The van der Waals surface area contributed by atoms with Gasteiger partial charge < -0.3 is 20.4 Å². The van der Waals surface area contributed by atoms with Gasteiger partial charge in [-0.15, -0.1) is 0 Å². The first kappa shape index (κ1) is 16.0. The topological polar surface area (TPSA) is 89.9 Å². The van der Waals surface area contributed by atoms with Gasteiger partial charge in [0.1, 0.15) is 0 Å². The van der Waals surface area contributed by atoms with Crippen LogP contribution in [0.1, 0.15) is 19.4 Å². The minimum Gasteiger partial charge on any atom is -0.481 e. The molecule has 0 radical (unpaired) electrons. The van der Waals surface area contributed by atoms with Crippen LogP contribution in [0, 0.1) is 0 Å². The van der Waals surface area contributed by atoms with Gasteiger partial charge in [-0.05, 0) is 31.5 Å². The fourth-order valence-corrected chi connectivity index (χ4v) is 1.52. The number of amides is 2. The number of anilines is 1. The summed E-state index contributed by atoms with van der Waals surface area (Å²) >= 11 is 0. The number of aliphatic hydroxyl groups excluding tert-OH is 1. The van der Waals surface area contributed by atoms with Crippen molar-refractivity contribution in [2.75, 3.05) is 19.0 Å². The summed E-state index contributed by atoms with van der Waals surface area (Å²) in [5.41, 5.74) is 0.455. The highest BCUT2D eigenvalue weighted by Crippen LogP contribution is 2.15. The SMILES string of the molecule is CN(C(=O)Nc1cccc(CC(=O)O)c1)C(C)(C)CO. The van der Waals surface area contributed by atoms with E-state index in [4.69, 9.17) is 5.11 Å². The van der Waals surface area contributed by atoms with Crippen LogP contribution in [0.4, 0.5) is 10.5 Å². The lowest BCUT2D eigenvalue weighted by Crippen LogP contribution is -2.49. The molecule has 0 fully saturated rings. The maximum absolute atomic E-state index is 12.0. The zero-order valence-electron chi connectivity index (χ0n) is 11.9. The van der Waals surface area contributed by atoms with E-state index in [1.165, 1.54) is 4.90 Å². The molecule has 0 aromatic heterocycles. The number of hydrogen-bond acceptors (Lipinski definition) is 3. The summed E-state index contributed by atoms with van der Waals surface area (Å²) in [5, 5.41) is 20.7. The molecule has 0 saturated carbocycles. The van der Waals surface area contributed by atoms with E-state index in [0.29, 0.717) is 11.3 Å². The third-order valence-corrected chi connectivity index (χ3v) is 3.13. The Morgan fingerprint density at radius 2 is 2.00 bits per heavy atom. The number of nitrogens with zero attached hydrogens (tertiary/aromatic N) is 1. The van der Waals surface area contributed by atoms with E-state index in [9.17, 15) is 14.7 Å². The Hall–Kier alpha value is -2.08. The quantitative estimate of drug-likeness (QED) is 0.763. The van der Waals surface area contributed by atoms with Crippen LogP contribution in [-0.4, -0.2) is 46.3 Å². The summed E-state index contributed by atoms with van der Waals surface area (Å²) in [7, 11) is 1.59. The van der Waals surface area contributed by atoms with Crippen LogP contribution in [0.3, 0.4) is 0 Å². The fourth-order valence-electron chi connectivity index (χ4n) is 1.52. The molecule has 0 saturated heterocycles. The van der Waals surface area contributed by atoms with Crippen molar-refractivity contribution in [1.29, 1.82) is 0 Å². The Morgan fingerprint density at radius 3 is 2.55 bits per heavy atom. The molecule has 110 valence electrons. The number of likely N-dealkylation sites (N-methyl/N-ethyl adjacent to an activating group) is 1. The van der Waals surface area contributed by atoms with Crippen molar-refractivity contribution in [3.05, 3.63) is 29.8 Å². The van der Waals surface area contributed by atoms with Crippen molar-refractivity contribution in [2.24, 2.45) is 0 Å².